The van der Waals surface area contributed by atoms with Gasteiger partial charge in [-0.3, -0.25) is 4.98 Å². The molecule has 3 N–H and O–H groups in total. The lowest BCUT2D eigenvalue weighted by Crippen LogP contribution is -2.39. The molecule has 5 nitrogen and oxygen atoms in total. The van der Waals surface area contributed by atoms with Crippen LogP contribution in [0.15, 0.2) is 53.8 Å². The predicted octanol–water partition coefficient (Wildman–Crippen LogP) is 3.51. The van der Waals surface area contributed by atoms with Crippen LogP contribution in [0.25, 0.3) is 0 Å². The molecule has 0 aliphatic rings. The summed E-state index contributed by atoms with van der Waals surface area (Å²) in [7, 11) is 0. The first-order valence-corrected chi connectivity index (χ1v) is 8.16. The van der Waals surface area contributed by atoms with Crippen molar-refractivity contribution in [3.63, 3.8) is 0 Å². The molecule has 0 aliphatic carbocycles. The van der Waals surface area contributed by atoms with Gasteiger partial charge in [-0.15, -0.1) is 24.0 Å². The minimum atomic E-state index is -4.38. The van der Waals surface area contributed by atoms with Gasteiger partial charge >= 0.3 is 6.18 Å². The summed E-state index contributed by atoms with van der Waals surface area (Å²) in [5.74, 6) is 0.415. The summed E-state index contributed by atoms with van der Waals surface area (Å²) in [4.78, 5) is 8.17. The van der Waals surface area contributed by atoms with E-state index in [9.17, 15) is 18.3 Å². The molecule has 148 valence electrons. The number of halogens is 4. The Kier molecular flexibility index (Phi) is 9.50. The lowest BCUT2D eigenvalue weighted by Gasteiger charge is -2.15. The third-order valence-corrected chi connectivity index (χ3v) is 3.57. The van der Waals surface area contributed by atoms with Crippen molar-refractivity contribution in [3.05, 3.63) is 65.5 Å². The Morgan fingerprint density at radius 1 is 1.19 bits per heavy atom. The fraction of sp³-hybridized carbons (Fsp3) is 0.333. The summed E-state index contributed by atoms with van der Waals surface area (Å²) < 4.78 is 38.3. The number of aromatic nitrogens is 1. The summed E-state index contributed by atoms with van der Waals surface area (Å²) in [5, 5.41) is 16.1. The number of rotatable bonds is 6. The maximum Gasteiger partial charge on any atom is 0.416 e. The van der Waals surface area contributed by atoms with Crippen LogP contribution in [-0.4, -0.2) is 29.1 Å². The zero-order valence-electron chi connectivity index (χ0n) is 14.7. The van der Waals surface area contributed by atoms with E-state index >= 15 is 0 Å². The van der Waals surface area contributed by atoms with Crippen molar-refractivity contribution in [3.8, 4) is 0 Å². The van der Waals surface area contributed by atoms with E-state index in [0.29, 0.717) is 23.6 Å². The van der Waals surface area contributed by atoms with Crippen LogP contribution in [0.5, 0.6) is 0 Å². The summed E-state index contributed by atoms with van der Waals surface area (Å²) in [5.41, 5.74) is 0.462. The van der Waals surface area contributed by atoms with Gasteiger partial charge in [0.25, 0.3) is 0 Å². The van der Waals surface area contributed by atoms with Gasteiger partial charge in [-0.2, -0.15) is 13.2 Å². The Labute approximate surface area is 173 Å². The van der Waals surface area contributed by atoms with E-state index < -0.39 is 17.8 Å². The number of hydrogen-bond donors (Lipinski definition) is 3. The van der Waals surface area contributed by atoms with Crippen LogP contribution in [0.3, 0.4) is 0 Å². The van der Waals surface area contributed by atoms with Crippen LogP contribution in [0, 0.1) is 0 Å². The lowest BCUT2D eigenvalue weighted by atomic mass is 10.1. The molecule has 1 heterocycles. The number of aliphatic hydroxyl groups excluding tert-OH is 1. The van der Waals surface area contributed by atoms with Crippen LogP contribution in [0.2, 0.25) is 0 Å². The van der Waals surface area contributed by atoms with E-state index in [1.165, 1.54) is 6.07 Å². The molecule has 1 aromatic carbocycles. The molecule has 1 aromatic heterocycles. The summed E-state index contributed by atoms with van der Waals surface area (Å²) in [6.07, 6.45) is -1.95. The molecule has 0 saturated carbocycles. The van der Waals surface area contributed by atoms with Crippen molar-refractivity contribution < 1.29 is 18.3 Å². The van der Waals surface area contributed by atoms with Crippen molar-refractivity contribution in [2.45, 2.75) is 25.7 Å². The van der Waals surface area contributed by atoms with E-state index in [2.05, 4.69) is 20.6 Å². The molecular weight excluding hydrogens is 472 g/mol. The number of aliphatic hydroxyl groups is 1. The minimum absolute atomic E-state index is 0. The van der Waals surface area contributed by atoms with E-state index in [4.69, 9.17) is 0 Å². The number of aliphatic imine (C=N–C) groups is 1. The van der Waals surface area contributed by atoms with Gasteiger partial charge < -0.3 is 15.7 Å². The van der Waals surface area contributed by atoms with Gasteiger partial charge in [0.1, 0.15) is 0 Å². The number of hydrogen-bond acceptors (Lipinski definition) is 3. The van der Waals surface area contributed by atoms with E-state index in [1.807, 2.05) is 6.92 Å². The number of nitrogens with zero attached hydrogens (tertiary/aromatic N) is 2. The van der Waals surface area contributed by atoms with Gasteiger partial charge in [-0.1, -0.05) is 12.1 Å². The van der Waals surface area contributed by atoms with Gasteiger partial charge in [-0.25, -0.2) is 4.99 Å². The monoisotopic (exact) mass is 494 g/mol. The third kappa shape index (κ3) is 7.71. The van der Waals surface area contributed by atoms with E-state index in [0.717, 1.165) is 12.1 Å². The Balaban J connectivity index is 0.00000364. The van der Waals surface area contributed by atoms with Gasteiger partial charge in [0.2, 0.25) is 0 Å². The number of pyridine rings is 1. The first kappa shape index (κ1) is 23.2. The highest BCUT2D eigenvalue weighted by atomic mass is 127. The second-order valence-corrected chi connectivity index (χ2v) is 5.57. The topological polar surface area (TPSA) is 69.5 Å². The summed E-state index contributed by atoms with van der Waals surface area (Å²) in [6, 6.07) is 8.48. The van der Waals surface area contributed by atoms with Gasteiger partial charge in [0.15, 0.2) is 5.96 Å². The molecule has 27 heavy (non-hydrogen) atoms. The zero-order chi connectivity index (χ0) is 19.0. The molecular formula is C18H22F3IN4O. The van der Waals surface area contributed by atoms with Crippen molar-refractivity contribution in [1.29, 1.82) is 0 Å². The summed E-state index contributed by atoms with van der Waals surface area (Å²) in [6.45, 7) is 2.75. The Morgan fingerprint density at radius 2 is 1.89 bits per heavy atom. The highest BCUT2D eigenvalue weighted by Crippen LogP contribution is 2.29. The largest absolute Gasteiger partial charge is 0.416 e. The van der Waals surface area contributed by atoms with Gasteiger partial charge in [-0.05, 0) is 42.3 Å². The molecule has 2 aromatic rings. The van der Waals surface area contributed by atoms with Crippen LogP contribution in [-0.2, 0) is 12.7 Å². The second kappa shape index (κ2) is 11.1. The minimum Gasteiger partial charge on any atom is -0.387 e. The Hall–Kier alpha value is -1.88. The predicted molar refractivity (Wildman–Crippen MR) is 109 cm³/mol. The molecule has 9 heteroatoms. The number of alkyl halides is 3. The summed E-state index contributed by atoms with van der Waals surface area (Å²) >= 11 is 0. The molecule has 0 amide bonds. The number of nitrogens with one attached hydrogen (secondary N) is 2. The van der Waals surface area contributed by atoms with E-state index in [-0.39, 0.29) is 37.1 Å². The van der Waals surface area contributed by atoms with Gasteiger partial charge in [0, 0.05) is 25.5 Å². The van der Waals surface area contributed by atoms with Crippen LogP contribution in [0.1, 0.15) is 29.7 Å². The SMILES string of the molecule is CCNC(=NCc1cccc(C(F)(F)F)c1)NCC(O)c1ccncc1.I. The van der Waals surface area contributed by atoms with Crippen molar-refractivity contribution in [2.24, 2.45) is 4.99 Å². The van der Waals surface area contributed by atoms with Crippen LogP contribution >= 0.6 is 24.0 Å². The molecule has 0 bridgehead atoms. The van der Waals surface area contributed by atoms with Crippen molar-refractivity contribution >= 4 is 29.9 Å². The molecule has 0 spiro atoms. The molecule has 1 atom stereocenters. The maximum atomic E-state index is 12.8. The normalized spacial score (nSPS) is 12.9. The number of guanidine groups is 1. The number of benzene rings is 1. The molecule has 0 fully saturated rings. The van der Waals surface area contributed by atoms with Crippen LogP contribution < -0.4 is 10.6 Å². The molecule has 0 radical (unpaired) electrons. The Bertz CT molecular complexity index is 726. The fourth-order valence-corrected chi connectivity index (χ4v) is 2.25. The highest BCUT2D eigenvalue weighted by molar-refractivity contribution is 14.0. The molecule has 0 aliphatic heterocycles. The van der Waals surface area contributed by atoms with Crippen LogP contribution in [0.4, 0.5) is 13.2 Å². The standard InChI is InChI=1S/C18H21F3N4O.HI/c1-2-23-17(25-12-16(26)14-6-8-22-9-7-14)24-11-13-4-3-5-15(10-13)18(19,20)21;/h3-10,16,26H,2,11-12H2,1H3,(H2,23,24,25);1H. The zero-order valence-corrected chi connectivity index (χ0v) is 17.0. The highest BCUT2D eigenvalue weighted by Gasteiger charge is 2.30. The van der Waals surface area contributed by atoms with Crippen molar-refractivity contribution in [1.82, 2.24) is 15.6 Å². The third-order valence-electron chi connectivity index (χ3n) is 3.57. The maximum absolute atomic E-state index is 12.8. The average Bonchev–Trinajstić information content (AvgIpc) is 2.64. The lowest BCUT2D eigenvalue weighted by molar-refractivity contribution is -0.137. The first-order valence-electron chi connectivity index (χ1n) is 8.16. The molecule has 0 saturated heterocycles. The van der Waals surface area contributed by atoms with E-state index in [1.54, 1.807) is 30.6 Å². The average molecular weight is 494 g/mol. The van der Waals surface area contributed by atoms with Crippen molar-refractivity contribution in [2.75, 3.05) is 13.1 Å². The molecule has 1 unspecified atom stereocenters. The first-order chi connectivity index (χ1) is 12.4. The fourth-order valence-electron chi connectivity index (χ4n) is 2.25. The Morgan fingerprint density at radius 3 is 2.52 bits per heavy atom. The smallest absolute Gasteiger partial charge is 0.387 e. The molecule has 2 rings (SSSR count). The quantitative estimate of drug-likeness (QED) is 0.327. The van der Waals surface area contributed by atoms with Gasteiger partial charge in [0.05, 0.1) is 18.2 Å². The second-order valence-electron chi connectivity index (χ2n) is 5.57.